The molecule has 2 atom stereocenters. The maximum atomic E-state index is 12.0. The van der Waals surface area contributed by atoms with Crippen LogP contribution < -0.4 is 5.73 Å². The third kappa shape index (κ3) is 3.15. The summed E-state index contributed by atoms with van der Waals surface area (Å²) in [6.45, 7) is 1.58. The zero-order chi connectivity index (χ0) is 18.5. The minimum atomic E-state index is -4.55. The lowest BCUT2D eigenvalue weighted by Gasteiger charge is -2.31. The molecule has 1 aromatic carbocycles. The van der Waals surface area contributed by atoms with Gasteiger partial charge in [0.25, 0.3) is 0 Å². The lowest BCUT2D eigenvalue weighted by Crippen LogP contribution is -2.39. The first-order chi connectivity index (χ1) is 11.6. The minimum absolute atomic E-state index is 0.0126. The van der Waals surface area contributed by atoms with E-state index in [2.05, 4.69) is 9.98 Å². The molecule has 1 amide bonds. The van der Waals surface area contributed by atoms with Crippen LogP contribution in [0.5, 0.6) is 0 Å². The van der Waals surface area contributed by atoms with Gasteiger partial charge in [-0.15, -0.1) is 0 Å². The van der Waals surface area contributed by atoms with E-state index in [0.717, 1.165) is 6.20 Å². The largest absolute Gasteiger partial charge is 0.369 e. The van der Waals surface area contributed by atoms with Crippen LogP contribution in [0, 0.1) is 5.92 Å². The molecule has 0 spiro atoms. The number of primary amides is 1. The fourth-order valence-electron chi connectivity index (χ4n) is 2.82. The molecule has 2 unspecified atom stereocenters. The number of carbonyl (C=O) groups excluding carboxylic acids is 1. The second-order valence-electron chi connectivity index (χ2n) is 5.51. The third-order valence-corrected chi connectivity index (χ3v) is 5.17. The number of fused-ring (bicyclic) bond motifs is 1. The van der Waals surface area contributed by atoms with Gasteiger partial charge in [0.1, 0.15) is 5.92 Å². The van der Waals surface area contributed by atoms with Gasteiger partial charge in [0.05, 0.1) is 6.04 Å². The molecule has 2 aromatic rings. The lowest BCUT2D eigenvalue weighted by atomic mass is 9.87. The summed E-state index contributed by atoms with van der Waals surface area (Å²) in [6, 6.07) is 3.92. The van der Waals surface area contributed by atoms with Crippen LogP contribution in [-0.4, -0.2) is 34.1 Å². The molecule has 11 heteroatoms. The maximum absolute atomic E-state index is 12.0. The van der Waals surface area contributed by atoms with Gasteiger partial charge in [-0.1, -0.05) is 29.3 Å². The first-order valence-electron chi connectivity index (χ1n) is 6.95. The van der Waals surface area contributed by atoms with Crippen molar-refractivity contribution in [2.75, 3.05) is 0 Å². The summed E-state index contributed by atoms with van der Waals surface area (Å²) in [6.07, 6.45) is 1.09. The summed E-state index contributed by atoms with van der Waals surface area (Å²) in [5.74, 6) is -1.53. The zero-order valence-electron chi connectivity index (χ0n) is 12.7. The number of hydrogen-bond acceptors (Lipinski definition) is 5. The summed E-state index contributed by atoms with van der Waals surface area (Å²) in [5, 5.41) is 0.0841. The average Bonchev–Trinajstić information content (AvgIpc) is 2.89. The molecule has 2 heterocycles. The standard InChI is InChI=1S/C14H12Cl2N4O4S/c1-6-11(13(17)21)12(8-3-2-7(15)4-9(8)16)20-5-10(25(22,23)24)19-14(20)18-6/h2-5,11-12H,1H3,(H2,17,21)(H,22,23,24). The number of nitrogens with zero attached hydrogens (tertiary/aromatic N) is 3. The van der Waals surface area contributed by atoms with E-state index in [1.165, 1.54) is 10.6 Å². The highest BCUT2D eigenvalue weighted by Gasteiger charge is 2.38. The molecular formula is C14H12Cl2N4O4S. The Morgan fingerprint density at radius 1 is 1.36 bits per heavy atom. The molecule has 132 valence electrons. The van der Waals surface area contributed by atoms with Crippen LogP contribution in [0.25, 0.3) is 0 Å². The van der Waals surface area contributed by atoms with Crippen molar-refractivity contribution in [2.45, 2.75) is 18.0 Å². The van der Waals surface area contributed by atoms with Crippen molar-refractivity contribution in [1.82, 2.24) is 9.55 Å². The Balaban J connectivity index is 2.28. The highest BCUT2D eigenvalue weighted by Crippen LogP contribution is 2.40. The van der Waals surface area contributed by atoms with Gasteiger partial charge < -0.3 is 10.3 Å². The fourth-order valence-corrected chi connectivity index (χ4v) is 3.79. The van der Waals surface area contributed by atoms with E-state index in [-0.39, 0.29) is 11.0 Å². The van der Waals surface area contributed by atoms with Gasteiger partial charge in [-0.2, -0.15) is 13.4 Å². The summed E-state index contributed by atoms with van der Waals surface area (Å²) in [7, 11) is -4.55. The Hall–Kier alpha value is -1.94. The van der Waals surface area contributed by atoms with E-state index in [1.54, 1.807) is 19.1 Å². The van der Waals surface area contributed by atoms with Crippen molar-refractivity contribution >= 4 is 50.9 Å². The summed E-state index contributed by atoms with van der Waals surface area (Å²) in [5.41, 5.74) is 6.37. The van der Waals surface area contributed by atoms with Gasteiger partial charge in [-0.3, -0.25) is 9.35 Å². The van der Waals surface area contributed by atoms with Crippen LogP contribution in [0.4, 0.5) is 5.95 Å². The van der Waals surface area contributed by atoms with Crippen molar-refractivity contribution in [3.8, 4) is 0 Å². The number of halogens is 2. The Bertz CT molecular complexity index is 1020. The first-order valence-corrected chi connectivity index (χ1v) is 9.15. The van der Waals surface area contributed by atoms with E-state index in [4.69, 9.17) is 28.9 Å². The van der Waals surface area contributed by atoms with Crippen molar-refractivity contribution < 1.29 is 17.8 Å². The van der Waals surface area contributed by atoms with Gasteiger partial charge in [0.15, 0.2) is 0 Å². The molecule has 1 aliphatic rings. The van der Waals surface area contributed by atoms with E-state index < -0.39 is 33.0 Å². The Morgan fingerprint density at radius 2 is 2.04 bits per heavy atom. The molecule has 0 aliphatic carbocycles. The van der Waals surface area contributed by atoms with Crippen LogP contribution in [0.2, 0.25) is 10.0 Å². The van der Waals surface area contributed by atoms with E-state index in [0.29, 0.717) is 16.3 Å². The normalized spacial score (nSPS) is 20.1. The zero-order valence-corrected chi connectivity index (χ0v) is 15.0. The van der Waals surface area contributed by atoms with Crippen molar-refractivity contribution in [3.63, 3.8) is 0 Å². The average molecular weight is 403 g/mol. The summed E-state index contributed by atoms with van der Waals surface area (Å²) < 4.78 is 33.4. The van der Waals surface area contributed by atoms with Gasteiger partial charge in [0, 0.05) is 22.0 Å². The monoisotopic (exact) mass is 402 g/mol. The molecule has 1 aliphatic heterocycles. The number of rotatable bonds is 3. The Morgan fingerprint density at radius 3 is 2.60 bits per heavy atom. The first kappa shape index (κ1) is 17.9. The minimum Gasteiger partial charge on any atom is -0.369 e. The van der Waals surface area contributed by atoms with Crippen LogP contribution in [0.15, 0.2) is 34.4 Å². The van der Waals surface area contributed by atoms with Crippen LogP contribution in [0.1, 0.15) is 18.5 Å². The van der Waals surface area contributed by atoms with Crippen molar-refractivity contribution in [1.29, 1.82) is 0 Å². The molecule has 0 fully saturated rings. The van der Waals surface area contributed by atoms with Crippen LogP contribution >= 0.6 is 23.2 Å². The molecule has 8 nitrogen and oxygen atoms in total. The summed E-state index contributed by atoms with van der Waals surface area (Å²) >= 11 is 12.2. The Labute approximate surface area is 153 Å². The van der Waals surface area contributed by atoms with E-state index in [1.807, 2.05) is 0 Å². The third-order valence-electron chi connectivity index (χ3n) is 3.88. The molecule has 1 aromatic heterocycles. The molecular weight excluding hydrogens is 391 g/mol. The smallest absolute Gasteiger partial charge is 0.313 e. The molecule has 0 saturated carbocycles. The second kappa shape index (κ2) is 6.10. The number of amides is 1. The number of carbonyl (C=O) groups is 1. The number of aromatic nitrogens is 2. The number of benzene rings is 1. The van der Waals surface area contributed by atoms with E-state index in [9.17, 15) is 17.8 Å². The fraction of sp³-hybridized carbons (Fsp3) is 0.214. The topological polar surface area (TPSA) is 128 Å². The number of imidazole rings is 1. The van der Waals surface area contributed by atoms with E-state index >= 15 is 0 Å². The molecule has 3 N–H and O–H groups in total. The van der Waals surface area contributed by atoms with Crippen LogP contribution in [-0.2, 0) is 14.9 Å². The lowest BCUT2D eigenvalue weighted by molar-refractivity contribution is -0.120. The van der Waals surface area contributed by atoms with Gasteiger partial charge >= 0.3 is 10.1 Å². The molecule has 0 radical (unpaired) electrons. The van der Waals surface area contributed by atoms with Gasteiger partial charge in [-0.05, 0) is 24.6 Å². The second-order valence-corrected chi connectivity index (χ2v) is 7.72. The maximum Gasteiger partial charge on any atom is 0.313 e. The molecule has 25 heavy (non-hydrogen) atoms. The summed E-state index contributed by atoms with van der Waals surface area (Å²) in [4.78, 5) is 19.9. The molecule has 0 bridgehead atoms. The molecule has 3 rings (SSSR count). The highest BCUT2D eigenvalue weighted by molar-refractivity contribution is 7.85. The number of nitrogens with two attached hydrogens (primary N) is 1. The number of aliphatic imine (C=N–C) groups is 1. The Kier molecular flexibility index (Phi) is 4.36. The molecule has 0 saturated heterocycles. The van der Waals surface area contributed by atoms with Gasteiger partial charge in [0.2, 0.25) is 16.9 Å². The predicted molar refractivity (Wildman–Crippen MR) is 92.1 cm³/mol. The predicted octanol–water partition coefficient (Wildman–Crippen LogP) is 2.23. The van der Waals surface area contributed by atoms with Gasteiger partial charge in [-0.25, -0.2) is 4.99 Å². The SMILES string of the molecule is CC1=Nc2nc(S(=O)(=O)O)cn2C(c2ccc(Cl)cc2Cl)C1C(N)=O. The van der Waals surface area contributed by atoms with Crippen molar-refractivity contribution in [2.24, 2.45) is 16.6 Å². The van der Waals surface area contributed by atoms with Crippen molar-refractivity contribution in [3.05, 3.63) is 40.0 Å². The van der Waals surface area contributed by atoms with Crippen LogP contribution in [0.3, 0.4) is 0 Å². The quantitative estimate of drug-likeness (QED) is 0.760. The number of hydrogen-bond donors (Lipinski definition) is 2. The highest BCUT2D eigenvalue weighted by atomic mass is 35.5.